The van der Waals surface area contributed by atoms with Crippen LogP contribution in [0.15, 0.2) is 53.5 Å². The highest BCUT2D eigenvalue weighted by molar-refractivity contribution is 5.94. The van der Waals surface area contributed by atoms with Gasteiger partial charge in [-0.05, 0) is 43.2 Å². The lowest BCUT2D eigenvalue weighted by Crippen LogP contribution is -2.42. The van der Waals surface area contributed by atoms with Gasteiger partial charge >= 0.3 is 0 Å². The monoisotopic (exact) mass is 430 g/mol. The zero-order chi connectivity index (χ0) is 22.3. The number of ether oxygens (including phenoxy) is 2. The van der Waals surface area contributed by atoms with Crippen LogP contribution >= 0.6 is 0 Å². The number of aliphatic imine (C=N–C) groups is 1. The highest BCUT2D eigenvalue weighted by Crippen LogP contribution is 2.11. The molecule has 7 nitrogen and oxygen atoms in total. The third kappa shape index (κ3) is 9.04. The highest BCUT2D eigenvalue weighted by atomic mass is 19.1. The predicted molar refractivity (Wildman–Crippen MR) is 120 cm³/mol. The fourth-order valence-corrected chi connectivity index (χ4v) is 2.70. The molecule has 1 amide bonds. The summed E-state index contributed by atoms with van der Waals surface area (Å²) in [6.45, 7) is 5.30. The zero-order valence-corrected chi connectivity index (χ0v) is 18.1. The lowest BCUT2D eigenvalue weighted by Gasteiger charge is -2.13. The molecule has 0 saturated heterocycles. The summed E-state index contributed by atoms with van der Waals surface area (Å²) in [7, 11) is 1.63. The fraction of sp³-hybridized carbons (Fsp3) is 0.391. The minimum absolute atomic E-state index is 0.0324. The Labute approximate surface area is 183 Å². The molecule has 31 heavy (non-hydrogen) atoms. The molecule has 0 aliphatic heterocycles. The Morgan fingerprint density at radius 2 is 1.71 bits per heavy atom. The second-order valence-corrected chi connectivity index (χ2v) is 6.65. The number of halogens is 1. The lowest BCUT2D eigenvalue weighted by atomic mass is 10.2. The van der Waals surface area contributed by atoms with Crippen LogP contribution in [-0.4, -0.2) is 51.8 Å². The molecular weight excluding hydrogens is 399 g/mol. The average Bonchev–Trinajstić information content (AvgIpc) is 2.80. The largest absolute Gasteiger partial charge is 0.497 e. The summed E-state index contributed by atoms with van der Waals surface area (Å²) in [5.41, 5.74) is 1.08. The minimum atomic E-state index is -0.536. The summed E-state index contributed by atoms with van der Waals surface area (Å²) in [5.74, 6) is 0.449. The number of nitrogens with zero attached hydrogens (tertiary/aromatic N) is 1. The van der Waals surface area contributed by atoms with Crippen molar-refractivity contribution in [2.75, 3.05) is 40.0 Å². The van der Waals surface area contributed by atoms with Gasteiger partial charge in [0.25, 0.3) is 5.91 Å². The van der Waals surface area contributed by atoms with Crippen LogP contribution in [0.2, 0.25) is 0 Å². The predicted octanol–water partition coefficient (Wildman–Crippen LogP) is 2.73. The van der Waals surface area contributed by atoms with Crippen LogP contribution in [0.3, 0.4) is 0 Å². The Bertz CT molecular complexity index is 828. The van der Waals surface area contributed by atoms with Crippen molar-refractivity contribution in [1.29, 1.82) is 0 Å². The number of methoxy groups -OCH3 is 1. The van der Waals surface area contributed by atoms with Gasteiger partial charge in [-0.15, -0.1) is 0 Å². The van der Waals surface area contributed by atoms with E-state index in [0.29, 0.717) is 45.4 Å². The molecule has 2 aromatic rings. The zero-order valence-electron chi connectivity index (χ0n) is 18.1. The first kappa shape index (κ1) is 24.1. The van der Waals surface area contributed by atoms with E-state index in [1.54, 1.807) is 19.2 Å². The minimum Gasteiger partial charge on any atom is -0.497 e. The summed E-state index contributed by atoms with van der Waals surface area (Å²) in [6.07, 6.45) is 0.848. The number of carbonyl (C=O) groups is 1. The third-order valence-corrected chi connectivity index (χ3v) is 4.36. The quantitative estimate of drug-likeness (QED) is 0.274. The molecule has 2 rings (SSSR count). The van der Waals surface area contributed by atoms with Crippen LogP contribution in [0.25, 0.3) is 0 Å². The van der Waals surface area contributed by atoms with Crippen LogP contribution in [-0.2, 0) is 11.3 Å². The van der Waals surface area contributed by atoms with Gasteiger partial charge in [0.1, 0.15) is 11.6 Å². The molecule has 0 saturated carbocycles. The Hall–Kier alpha value is -3.13. The van der Waals surface area contributed by atoms with Crippen molar-refractivity contribution in [2.24, 2.45) is 4.99 Å². The first-order valence-electron chi connectivity index (χ1n) is 10.4. The van der Waals surface area contributed by atoms with E-state index in [1.807, 2.05) is 31.2 Å². The molecule has 8 heteroatoms. The molecule has 2 aromatic carbocycles. The summed E-state index contributed by atoms with van der Waals surface area (Å²) >= 11 is 0. The summed E-state index contributed by atoms with van der Waals surface area (Å²) < 4.78 is 24.2. The van der Waals surface area contributed by atoms with E-state index in [2.05, 4.69) is 20.9 Å². The average molecular weight is 431 g/mol. The van der Waals surface area contributed by atoms with Crippen LogP contribution in [0, 0.1) is 5.82 Å². The van der Waals surface area contributed by atoms with E-state index in [4.69, 9.17) is 9.47 Å². The summed E-state index contributed by atoms with van der Waals surface area (Å²) in [6, 6.07) is 13.6. The van der Waals surface area contributed by atoms with Crippen molar-refractivity contribution >= 4 is 11.9 Å². The Balaban J connectivity index is 1.84. The van der Waals surface area contributed by atoms with Crippen molar-refractivity contribution in [1.82, 2.24) is 16.0 Å². The van der Waals surface area contributed by atoms with E-state index < -0.39 is 11.7 Å². The van der Waals surface area contributed by atoms with Gasteiger partial charge in [0.15, 0.2) is 5.96 Å². The van der Waals surface area contributed by atoms with E-state index in [9.17, 15) is 9.18 Å². The van der Waals surface area contributed by atoms with Crippen molar-refractivity contribution in [3.8, 4) is 5.75 Å². The lowest BCUT2D eigenvalue weighted by molar-refractivity contribution is 0.0950. The fourth-order valence-electron chi connectivity index (χ4n) is 2.70. The molecule has 0 fully saturated rings. The van der Waals surface area contributed by atoms with Gasteiger partial charge < -0.3 is 25.4 Å². The van der Waals surface area contributed by atoms with Crippen molar-refractivity contribution in [3.05, 3.63) is 65.5 Å². The van der Waals surface area contributed by atoms with Crippen LogP contribution < -0.4 is 20.7 Å². The molecule has 0 atom stereocenters. The normalized spacial score (nSPS) is 11.1. The van der Waals surface area contributed by atoms with Crippen molar-refractivity contribution in [2.45, 2.75) is 19.9 Å². The second-order valence-electron chi connectivity index (χ2n) is 6.65. The first-order valence-corrected chi connectivity index (χ1v) is 10.4. The molecule has 0 radical (unpaired) electrons. The molecule has 0 aromatic heterocycles. The van der Waals surface area contributed by atoms with Crippen molar-refractivity contribution < 1.29 is 18.7 Å². The van der Waals surface area contributed by atoms with Gasteiger partial charge in [-0.3, -0.25) is 4.79 Å². The maximum absolute atomic E-state index is 13.7. The number of carbonyl (C=O) groups excluding carboxylic acids is 1. The number of nitrogens with one attached hydrogen (secondary N) is 3. The maximum atomic E-state index is 13.7. The van der Waals surface area contributed by atoms with Crippen molar-refractivity contribution in [3.63, 3.8) is 0 Å². The van der Waals surface area contributed by atoms with Gasteiger partial charge in [-0.1, -0.05) is 24.3 Å². The van der Waals surface area contributed by atoms with Gasteiger partial charge in [0, 0.05) is 32.8 Å². The molecule has 0 bridgehead atoms. The molecular formula is C23H31FN4O3. The van der Waals surface area contributed by atoms with E-state index in [-0.39, 0.29) is 5.56 Å². The Kier molecular flexibility index (Phi) is 10.9. The molecule has 0 aliphatic rings. The van der Waals surface area contributed by atoms with Gasteiger partial charge in [0.2, 0.25) is 0 Å². The van der Waals surface area contributed by atoms with Crippen LogP contribution in [0.4, 0.5) is 4.39 Å². The number of amides is 1. The molecule has 0 spiro atoms. The van der Waals surface area contributed by atoms with Crippen LogP contribution in [0.1, 0.15) is 29.3 Å². The van der Waals surface area contributed by atoms with E-state index in [0.717, 1.165) is 17.7 Å². The van der Waals surface area contributed by atoms with E-state index >= 15 is 0 Å². The second kappa shape index (κ2) is 14.0. The SMILES string of the molecule is CCOCCCNC(=NCc1ccc(OC)cc1)NCCNC(=O)c1ccccc1F. The number of rotatable bonds is 12. The highest BCUT2D eigenvalue weighted by Gasteiger charge is 2.09. The van der Waals surface area contributed by atoms with Gasteiger partial charge in [-0.25, -0.2) is 9.38 Å². The van der Waals surface area contributed by atoms with Crippen LogP contribution in [0.5, 0.6) is 5.75 Å². The van der Waals surface area contributed by atoms with E-state index in [1.165, 1.54) is 12.1 Å². The standard InChI is InChI=1S/C23H31FN4O3/c1-3-31-16-6-13-26-23(28-17-18-9-11-19(30-2)12-10-18)27-15-14-25-22(29)20-7-4-5-8-21(20)24/h4-5,7-12H,3,6,13-17H2,1-2H3,(H,25,29)(H2,26,27,28). The third-order valence-electron chi connectivity index (χ3n) is 4.36. The molecule has 0 heterocycles. The maximum Gasteiger partial charge on any atom is 0.254 e. The van der Waals surface area contributed by atoms with Gasteiger partial charge in [-0.2, -0.15) is 0 Å². The number of guanidine groups is 1. The molecule has 0 unspecified atom stereocenters. The number of hydrogen-bond donors (Lipinski definition) is 3. The molecule has 3 N–H and O–H groups in total. The Morgan fingerprint density at radius 1 is 1.00 bits per heavy atom. The summed E-state index contributed by atoms with van der Waals surface area (Å²) in [4.78, 5) is 16.7. The van der Waals surface area contributed by atoms with Gasteiger partial charge in [0.05, 0.1) is 19.2 Å². The summed E-state index contributed by atoms with van der Waals surface area (Å²) in [5, 5.41) is 9.16. The topological polar surface area (TPSA) is 84.0 Å². The Morgan fingerprint density at radius 3 is 2.42 bits per heavy atom. The number of benzene rings is 2. The molecule has 168 valence electrons. The number of hydrogen-bond acceptors (Lipinski definition) is 4. The molecule has 0 aliphatic carbocycles. The smallest absolute Gasteiger partial charge is 0.254 e. The first-order chi connectivity index (χ1) is 15.1.